The Hall–Kier alpha value is -1.09. The molecule has 1 aliphatic heterocycles. The Morgan fingerprint density at radius 2 is 2.50 bits per heavy atom. The Morgan fingerprint density at radius 3 is 3.17 bits per heavy atom. The van der Waals surface area contributed by atoms with Crippen LogP contribution in [0.2, 0.25) is 0 Å². The van der Waals surface area contributed by atoms with Gasteiger partial charge in [-0.25, -0.2) is 0 Å². The van der Waals surface area contributed by atoms with Gasteiger partial charge in [0.1, 0.15) is 5.84 Å². The second kappa shape index (κ2) is 3.54. The first-order chi connectivity index (χ1) is 5.95. The van der Waals surface area contributed by atoms with Crippen LogP contribution in [0, 0.1) is 0 Å². The summed E-state index contributed by atoms with van der Waals surface area (Å²) < 4.78 is 0. The second-order valence-electron chi connectivity index (χ2n) is 2.54. The van der Waals surface area contributed by atoms with Crippen molar-refractivity contribution in [2.24, 2.45) is 4.99 Å². The molecule has 1 aromatic rings. The van der Waals surface area contributed by atoms with Crippen molar-refractivity contribution >= 4 is 23.2 Å². The van der Waals surface area contributed by atoms with E-state index in [-0.39, 0.29) is 0 Å². The number of hydrogen-bond donors (Lipinski definition) is 1. The summed E-state index contributed by atoms with van der Waals surface area (Å²) in [7, 11) is 0. The molecule has 12 heavy (non-hydrogen) atoms. The van der Waals surface area contributed by atoms with E-state index in [1.54, 1.807) is 11.3 Å². The zero-order valence-corrected chi connectivity index (χ0v) is 7.47. The van der Waals surface area contributed by atoms with Gasteiger partial charge in [0.25, 0.3) is 0 Å². The summed E-state index contributed by atoms with van der Waals surface area (Å²) in [4.78, 5) is 5.53. The molecule has 0 bridgehead atoms. The molecule has 3 heteroatoms. The molecule has 0 atom stereocenters. The van der Waals surface area contributed by atoms with E-state index in [2.05, 4.69) is 27.8 Å². The molecule has 2 nitrogen and oxygen atoms in total. The Kier molecular flexibility index (Phi) is 2.23. The Morgan fingerprint density at radius 1 is 1.50 bits per heavy atom. The number of thiophene rings is 1. The average Bonchev–Trinajstić information content (AvgIpc) is 2.74. The van der Waals surface area contributed by atoms with E-state index in [1.165, 1.54) is 4.88 Å². The third-order valence-corrected chi connectivity index (χ3v) is 2.49. The normalized spacial score (nSPS) is 16.5. The minimum absolute atomic E-state index is 0.907. The Labute approximate surface area is 75.6 Å². The fraction of sp³-hybridized carbons (Fsp3) is 0.222. The van der Waals surface area contributed by atoms with Crippen molar-refractivity contribution in [1.29, 1.82) is 0 Å². The maximum Gasteiger partial charge on any atom is 0.120 e. The van der Waals surface area contributed by atoms with E-state index in [0.717, 1.165) is 18.9 Å². The molecule has 0 aliphatic carbocycles. The summed E-state index contributed by atoms with van der Waals surface area (Å²) in [5.74, 6) is 1.00. The predicted octanol–water partition coefficient (Wildman–Crippen LogP) is 1.76. The molecule has 0 fully saturated rings. The van der Waals surface area contributed by atoms with Gasteiger partial charge in [-0.15, -0.1) is 11.3 Å². The van der Waals surface area contributed by atoms with Crippen LogP contribution in [-0.4, -0.2) is 18.9 Å². The van der Waals surface area contributed by atoms with Crippen LogP contribution in [0.5, 0.6) is 0 Å². The smallest absolute Gasteiger partial charge is 0.120 e. The molecule has 2 rings (SSSR count). The number of nitrogens with one attached hydrogen (secondary N) is 1. The quantitative estimate of drug-likeness (QED) is 0.733. The van der Waals surface area contributed by atoms with Gasteiger partial charge in [0.05, 0.1) is 6.54 Å². The number of amidine groups is 1. The molecule has 0 saturated heterocycles. The van der Waals surface area contributed by atoms with Gasteiger partial charge in [-0.05, 0) is 23.6 Å². The van der Waals surface area contributed by atoms with Gasteiger partial charge in [-0.1, -0.05) is 6.07 Å². The standard InChI is InChI=1S/C9H10N2S/c1-2-8(12-7-1)3-4-9-10-5-6-11-9/h1-4,7H,5-6H2,(H,10,11)/b4-3+. The van der Waals surface area contributed by atoms with E-state index >= 15 is 0 Å². The molecule has 1 aromatic heterocycles. The number of aliphatic imine (C=N–C) groups is 1. The second-order valence-corrected chi connectivity index (χ2v) is 3.52. The van der Waals surface area contributed by atoms with Gasteiger partial charge >= 0.3 is 0 Å². The molecule has 2 heterocycles. The third kappa shape index (κ3) is 1.74. The molecule has 0 unspecified atom stereocenters. The minimum Gasteiger partial charge on any atom is -0.369 e. The van der Waals surface area contributed by atoms with Gasteiger partial charge in [-0.3, -0.25) is 4.99 Å². The highest BCUT2D eigenvalue weighted by molar-refractivity contribution is 7.10. The molecular weight excluding hydrogens is 168 g/mol. The van der Waals surface area contributed by atoms with Crippen molar-refractivity contribution in [3.8, 4) is 0 Å². The first kappa shape index (κ1) is 7.55. The molecule has 0 saturated carbocycles. The zero-order valence-electron chi connectivity index (χ0n) is 6.66. The minimum atomic E-state index is 0.907. The van der Waals surface area contributed by atoms with Crippen LogP contribution in [0.3, 0.4) is 0 Å². The van der Waals surface area contributed by atoms with E-state index in [0.29, 0.717) is 0 Å². The van der Waals surface area contributed by atoms with Crippen LogP contribution < -0.4 is 5.32 Å². The van der Waals surface area contributed by atoms with Crippen LogP contribution in [0.25, 0.3) is 6.08 Å². The highest BCUT2D eigenvalue weighted by Crippen LogP contribution is 2.10. The zero-order chi connectivity index (χ0) is 8.23. The van der Waals surface area contributed by atoms with Crippen LogP contribution in [0.15, 0.2) is 28.6 Å². The van der Waals surface area contributed by atoms with Crippen LogP contribution in [0.4, 0.5) is 0 Å². The monoisotopic (exact) mass is 178 g/mol. The summed E-state index contributed by atoms with van der Waals surface area (Å²) in [5, 5.41) is 5.26. The highest BCUT2D eigenvalue weighted by atomic mass is 32.1. The Bertz CT molecular complexity index is 298. The van der Waals surface area contributed by atoms with Gasteiger partial charge in [0.15, 0.2) is 0 Å². The first-order valence-corrected chi connectivity index (χ1v) is 4.83. The molecule has 0 amide bonds. The third-order valence-electron chi connectivity index (χ3n) is 1.65. The van der Waals surface area contributed by atoms with Crippen molar-refractivity contribution in [3.05, 3.63) is 28.5 Å². The number of rotatable bonds is 2. The van der Waals surface area contributed by atoms with Crippen molar-refractivity contribution in [3.63, 3.8) is 0 Å². The van der Waals surface area contributed by atoms with Gasteiger partial charge in [0, 0.05) is 11.4 Å². The average molecular weight is 178 g/mol. The van der Waals surface area contributed by atoms with E-state index < -0.39 is 0 Å². The molecule has 0 radical (unpaired) electrons. The molecule has 62 valence electrons. The summed E-state index contributed by atoms with van der Waals surface area (Å²) in [6.45, 7) is 1.88. The van der Waals surface area contributed by atoms with Crippen molar-refractivity contribution in [2.45, 2.75) is 0 Å². The largest absolute Gasteiger partial charge is 0.369 e. The summed E-state index contributed by atoms with van der Waals surface area (Å²) in [6, 6.07) is 4.14. The fourth-order valence-electron chi connectivity index (χ4n) is 1.08. The van der Waals surface area contributed by atoms with E-state index in [4.69, 9.17) is 0 Å². The fourth-order valence-corrected chi connectivity index (χ4v) is 1.69. The maximum absolute atomic E-state index is 4.26. The van der Waals surface area contributed by atoms with Gasteiger partial charge in [-0.2, -0.15) is 0 Å². The molecule has 1 N–H and O–H groups in total. The highest BCUT2D eigenvalue weighted by Gasteiger charge is 1.98. The van der Waals surface area contributed by atoms with Crippen molar-refractivity contribution < 1.29 is 0 Å². The summed E-state index contributed by atoms with van der Waals surface area (Å²) in [6.07, 6.45) is 4.11. The first-order valence-electron chi connectivity index (χ1n) is 3.95. The summed E-state index contributed by atoms with van der Waals surface area (Å²) >= 11 is 1.74. The van der Waals surface area contributed by atoms with Crippen LogP contribution in [-0.2, 0) is 0 Å². The number of hydrogen-bond acceptors (Lipinski definition) is 3. The summed E-state index contributed by atoms with van der Waals surface area (Å²) in [5.41, 5.74) is 0. The van der Waals surface area contributed by atoms with Crippen LogP contribution in [0.1, 0.15) is 4.88 Å². The molecular formula is C9H10N2S. The van der Waals surface area contributed by atoms with Crippen LogP contribution >= 0.6 is 11.3 Å². The molecule has 0 spiro atoms. The molecule has 0 aromatic carbocycles. The number of nitrogens with zero attached hydrogens (tertiary/aromatic N) is 1. The van der Waals surface area contributed by atoms with E-state index in [9.17, 15) is 0 Å². The lowest BCUT2D eigenvalue weighted by atomic mass is 10.4. The predicted molar refractivity (Wildman–Crippen MR) is 53.7 cm³/mol. The van der Waals surface area contributed by atoms with Crippen molar-refractivity contribution in [1.82, 2.24) is 5.32 Å². The topological polar surface area (TPSA) is 24.4 Å². The lowest BCUT2D eigenvalue weighted by Crippen LogP contribution is -2.15. The lowest BCUT2D eigenvalue weighted by Gasteiger charge is -1.91. The Balaban J connectivity index is 2.02. The maximum atomic E-state index is 4.26. The van der Waals surface area contributed by atoms with Gasteiger partial charge in [0.2, 0.25) is 0 Å². The van der Waals surface area contributed by atoms with Gasteiger partial charge < -0.3 is 5.32 Å². The SMILES string of the molecule is C(=C\c1cccs1)/C1=NCCN1. The van der Waals surface area contributed by atoms with E-state index in [1.807, 2.05) is 12.1 Å². The molecule has 1 aliphatic rings. The lowest BCUT2D eigenvalue weighted by molar-refractivity contribution is 0.961. The van der Waals surface area contributed by atoms with Crippen molar-refractivity contribution in [2.75, 3.05) is 13.1 Å².